The highest BCUT2D eigenvalue weighted by Crippen LogP contribution is 2.57. The van der Waals surface area contributed by atoms with Crippen LogP contribution < -0.4 is 0 Å². The minimum atomic E-state index is -0.536. The van der Waals surface area contributed by atoms with Crippen molar-refractivity contribution in [1.82, 2.24) is 29.9 Å². The minimum Gasteiger partial charge on any atom is -0.208 e. The molecule has 16 aromatic rings. The van der Waals surface area contributed by atoms with Crippen LogP contribution in [0, 0.1) is 0 Å². The molecule has 0 bridgehead atoms. The summed E-state index contributed by atoms with van der Waals surface area (Å²) in [6.07, 6.45) is 0. The molecule has 0 amide bonds. The van der Waals surface area contributed by atoms with Crippen LogP contribution in [0.2, 0.25) is 0 Å². The van der Waals surface area contributed by atoms with Crippen molar-refractivity contribution < 1.29 is 0 Å². The van der Waals surface area contributed by atoms with Crippen LogP contribution in [-0.2, 0) is 10.8 Å². The number of nitrogens with zero attached hydrogens (tertiary/aromatic N) is 6. The highest BCUT2D eigenvalue weighted by molar-refractivity contribution is 5.90. The van der Waals surface area contributed by atoms with Crippen LogP contribution in [0.15, 0.2) is 352 Å². The molecule has 2 heterocycles. The van der Waals surface area contributed by atoms with Crippen molar-refractivity contribution in [3.05, 3.63) is 385 Å². The first-order chi connectivity index (χ1) is 49.3. The molecule has 0 unspecified atom stereocenters. The lowest BCUT2D eigenvalue weighted by Gasteiger charge is -2.33. The van der Waals surface area contributed by atoms with E-state index in [-0.39, 0.29) is 5.41 Å². The first-order valence-corrected chi connectivity index (χ1v) is 34.1. The molecule has 0 fully saturated rings. The summed E-state index contributed by atoms with van der Waals surface area (Å²) >= 11 is 0. The molecule has 0 atom stereocenters. The van der Waals surface area contributed by atoms with Gasteiger partial charge in [0.25, 0.3) is 0 Å². The van der Waals surface area contributed by atoms with Crippen LogP contribution in [0.3, 0.4) is 0 Å². The Hall–Kier alpha value is -12.9. The molecule has 0 spiro atoms. The first-order valence-electron chi connectivity index (χ1n) is 34.1. The largest absolute Gasteiger partial charge is 0.208 e. The number of hydrogen-bond acceptors (Lipinski definition) is 6. The molecule has 2 aromatic heterocycles. The number of fused-ring (bicyclic) bond motifs is 6. The van der Waals surface area contributed by atoms with Crippen molar-refractivity contribution >= 4 is 0 Å². The van der Waals surface area contributed by atoms with Crippen LogP contribution in [-0.4, -0.2) is 29.9 Å². The average molecular weight is 1280 g/mol. The van der Waals surface area contributed by atoms with Gasteiger partial charge in [-0.1, -0.05) is 323 Å². The van der Waals surface area contributed by atoms with E-state index in [9.17, 15) is 0 Å². The lowest BCUT2D eigenvalue weighted by atomic mass is 9.67. The molecule has 2 aliphatic rings. The zero-order valence-electron chi connectivity index (χ0n) is 55.2. The predicted octanol–water partition coefficient (Wildman–Crippen LogP) is 23.1. The predicted molar refractivity (Wildman–Crippen MR) is 408 cm³/mol. The van der Waals surface area contributed by atoms with Crippen LogP contribution in [0.1, 0.15) is 47.2 Å². The Bertz CT molecular complexity index is 5740. The van der Waals surface area contributed by atoms with Gasteiger partial charge in [-0.15, -0.1) is 0 Å². The van der Waals surface area contributed by atoms with Crippen LogP contribution >= 0.6 is 0 Å². The number of hydrogen-bond donors (Lipinski definition) is 0. The third kappa shape index (κ3) is 10.5. The maximum atomic E-state index is 5.48. The van der Waals surface area contributed by atoms with E-state index in [2.05, 4.69) is 347 Å². The van der Waals surface area contributed by atoms with Gasteiger partial charge in [0, 0.05) is 38.8 Å². The Morgan fingerprint density at radius 3 is 1.00 bits per heavy atom. The lowest BCUT2D eigenvalue weighted by Crippen LogP contribution is -2.28. The van der Waals surface area contributed by atoms with E-state index in [1.807, 2.05) is 18.2 Å². The molecular formula is C94H64N6. The van der Waals surface area contributed by atoms with E-state index < -0.39 is 5.41 Å². The summed E-state index contributed by atoms with van der Waals surface area (Å²) in [6, 6.07) is 126. The molecular weight excluding hydrogens is 1210 g/mol. The molecule has 6 heteroatoms. The van der Waals surface area contributed by atoms with Crippen LogP contribution in [0.5, 0.6) is 0 Å². The minimum absolute atomic E-state index is 0.204. The number of benzene rings is 14. The van der Waals surface area contributed by atoms with Crippen molar-refractivity contribution in [2.24, 2.45) is 0 Å². The normalized spacial score (nSPS) is 12.9. The summed E-state index contributed by atoms with van der Waals surface area (Å²) < 4.78 is 0. The van der Waals surface area contributed by atoms with Gasteiger partial charge in [0.1, 0.15) is 0 Å². The number of rotatable bonds is 13. The van der Waals surface area contributed by atoms with Gasteiger partial charge in [-0.2, -0.15) is 0 Å². The van der Waals surface area contributed by atoms with E-state index in [4.69, 9.17) is 29.9 Å². The Morgan fingerprint density at radius 1 is 0.170 bits per heavy atom. The topological polar surface area (TPSA) is 77.3 Å². The maximum Gasteiger partial charge on any atom is 0.164 e. The average Bonchev–Trinajstić information content (AvgIpc) is 1.54. The highest BCUT2D eigenvalue weighted by atomic mass is 15.0. The molecule has 0 saturated heterocycles. The van der Waals surface area contributed by atoms with Crippen molar-refractivity contribution in [2.45, 2.75) is 24.7 Å². The molecule has 14 aromatic carbocycles. The van der Waals surface area contributed by atoms with E-state index in [1.165, 1.54) is 61.2 Å². The first kappa shape index (κ1) is 59.6. The van der Waals surface area contributed by atoms with Gasteiger partial charge in [0.05, 0.1) is 5.41 Å². The molecule has 18 rings (SSSR count). The van der Waals surface area contributed by atoms with Gasteiger partial charge in [0.2, 0.25) is 0 Å². The van der Waals surface area contributed by atoms with Crippen LogP contribution in [0.4, 0.5) is 0 Å². The summed E-state index contributed by atoms with van der Waals surface area (Å²) in [5.41, 5.74) is 27.9. The zero-order valence-corrected chi connectivity index (χ0v) is 55.2. The Balaban J connectivity index is 0.730. The molecule has 0 radical (unpaired) electrons. The smallest absolute Gasteiger partial charge is 0.164 e. The summed E-state index contributed by atoms with van der Waals surface area (Å²) in [4.78, 5) is 32.1. The SMILES string of the molecule is CC1(C)c2ccccc2-c2ccc(-c3nc(-c4ccc(-c5ccc(-c6ccccc6)cc5)cc4)nc(-c4cccc(-c5cccc(-c6cc(-c7ccccc7)cc(-c7nc(-c8ccccc8)nc(-c8ccc9c(c8)-c8ccccc8C9(c8ccccc8)c8ccccc8)n7)c6)c5)c4)n3)cc21. The van der Waals surface area contributed by atoms with Gasteiger partial charge in [0.15, 0.2) is 34.9 Å². The van der Waals surface area contributed by atoms with E-state index in [0.29, 0.717) is 34.9 Å². The monoisotopic (exact) mass is 1280 g/mol. The van der Waals surface area contributed by atoms with E-state index >= 15 is 0 Å². The Labute approximate surface area is 582 Å². The van der Waals surface area contributed by atoms with Crippen molar-refractivity contribution in [2.75, 3.05) is 0 Å². The quantitative estimate of drug-likeness (QED) is 0.114. The summed E-state index contributed by atoms with van der Waals surface area (Å²) in [5.74, 6) is 3.56. The molecule has 470 valence electrons. The van der Waals surface area contributed by atoms with Gasteiger partial charge >= 0.3 is 0 Å². The van der Waals surface area contributed by atoms with Crippen molar-refractivity contribution in [1.29, 1.82) is 0 Å². The molecule has 0 N–H and O–H groups in total. The molecule has 100 heavy (non-hydrogen) atoms. The summed E-state index contributed by atoms with van der Waals surface area (Å²) in [7, 11) is 0. The van der Waals surface area contributed by atoms with Crippen molar-refractivity contribution in [3.63, 3.8) is 0 Å². The van der Waals surface area contributed by atoms with Gasteiger partial charge in [-0.3, -0.25) is 0 Å². The fourth-order valence-corrected chi connectivity index (χ4v) is 15.3. The zero-order chi connectivity index (χ0) is 66.7. The second kappa shape index (κ2) is 24.6. The molecule has 6 nitrogen and oxygen atoms in total. The lowest BCUT2D eigenvalue weighted by molar-refractivity contribution is 0.660. The van der Waals surface area contributed by atoms with Gasteiger partial charge < -0.3 is 0 Å². The third-order valence-electron chi connectivity index (χ3n) is 20.3. The summed E-state index contributed by atoms with van der Waals surface area (Å²) in [5, 5.41) is 0. The second-order valence-corrected chi connectivity index (χ2v) is 26.5. The molecule has 2 aliphatic carbocycles. The van der Waals surface area contributed by atoms with E-state index in [0.717, 1.165) is 83.5 Å². The van der Waals surface area contributed by atoms with E-state index in [1.54, 1.807) is 0 Å². The van der Waals surface area contributed by atoms with Gasteiger partial charge in [-0.05, 0) is 154 Å². The Morgan fingerprint density at radius 2 is 0.460 bits per heavy atom. The number of aromatic nitrogens is 6. The fourth-order valence-electron chi connectivity index (χ4n) is 15.3. The maximum absolute atomic E-state index is 5.48. The molecule has 0 aliphatic heterocycles. The van der Waals surface area contributed by atoms with Crippen LogP contribution in [0.25, 0.3) is 146 Å². The molecule has 0 saturated carbocycles. The Kier molecular flexibility index (Phi) is 14.7. The fraction of sp³-hybridized carbons (Fsp3) is 0.0426. The summed E-state index contributed by atoms with van der Waals surface area (Å²) in [6.45, 7) is 4.62. The van der Waals surface area contributed by atoms with Crippen molar-refractivity contribution in [3.8, 4) is 146 Å². The second-order valence-electron chi connectivity index (χ2n) is 26.5. The van der Waals surface area contributed by atoms with Gasteiger partial charge in [-0.25, -0.2) is 29.9 Å². The third-order valence-corrected chi connectivity index (χ3v) is 20.3. The highest BCUT2D eigenvalue weighted by Gasteiger charge is 2.46. The standard InChI is InChI=1S/C94H64N6/c1-93(2)83-40-20-18-38-79(83)81-52-50-73(60-86(81)93)91-97-88(67-48-46-65(47-49-67)64-44-42-63(43-45-64)61-24-8-3-9-25-61)96-89(99-91)71-33-23-31-69(55-71)68-30-22-32-70(54-68)75-56-74(62-26-10-4-11-27-62)57-76(58-75)92-98-87(66-28-12-5-13-29-66)95-90(100-92)72-51-53-85-82(59-72)80-39-19-21-41-84(80)94(85,77-34-14-6-15-35-77)78-36-16-7-17-37-78/h3-60H,1-2H3.